The molecule has 7 nitrogen and oxygen atoms in total. The SMILES string of the molecule is CC(C)(C)OC(=O)N1CCN(C(=O)c2cc3nc(-c4ccc(Cl)cc4)cc(C(C)(C)C)c3o2)C(C)(C)C1. The molecule has 0 aliphatic carbocycles. The molecule has 8 heteroatoms. The van der Waals surface area contributed by atoms with Crippen molar-refractivity contribution in [2.45, 2.75) is 71.9 Å². The fraction of sp³-hybridized carbons (Fsp3) is 0.483. The number of piperazine rings is 1. The van der Waals surface area contributed by atoms with E-state index in [1.54, 1.807) is 15.9 Å². The number of ether oxygens (including phenoxy) is 1. The van der Waals surface area contributed by atoms with Gasteiger partial charge in [0.25, 0.3) is 5.91 Å². The van der Waals surface area contributed by atoms with Gasteiger partial charge >= 0.3 is 6.09 Å². The maximum absolute atomic E-state index is 13.7. The van der Waals surface area contributed by atoms with Gasteiger partial charge in [0.15, 0.2) is 11.3 Å². The second-order valence-electron chi connectivity index (χ2n) is 12.3. The zero-order chi connectivity index (χ0) is 27.3. The summed E-state index contributed by atoms with van der Waals surface area (Å²) in [5.74, 6) is 0.0137. The van der Waals surface area contributed by atoms with Crippen LogP contribution in [0.4, 0.5) is 4.79 Å². The number of pyridine rings is 1. The summed E-state index contributed by atoms with van der Waals surface area (Å²) in [5.41, 5.74) is 2.51. The van der Waals surface area contributed by atoms with Crippen molar-refractivity contribution in [1.82, 2.24) is 14.8 Å². The van der Waals surface area contributed by atoms with E-state index in [0.29, 0.717) is 35.8 Å². The molecule has 2 aromatic heterocycles. The first-order valence-electron chi connectivity index (χ1n) is 12.6. The number of carbonyl (C=O) groups is 2. The number of rotatable bonds is 2. The molecule has 1 fully saturated rings. The van der Waals surface area contributed by atoms with Crippen LogP contribution in [-0.4, -0.2) is 57.6 Å². The van der Waals surface area contributed by atoms with Crippen LogP contribution >= 0.6 is 11.6 Å². The number of fused-ring (bicyclic) bond motifs is 1. The number of aromatic nitrogens is 1. The molecule has 1 aromatic carbocycles. The molecule has 3 aromatic rings. The molecule has 1 aliphatic heterocycles. The van der Waals surface area contributed by atoms with Gasteiger partial charge in [-0.1, -0.05) is 44.5 Å². The van der Waals surface area contributed by atoms with Crippen LogP contribution in [0.25, 0.3) is 22.4 Å². The van der Waals surface area contributed by atoms with Crippen LogP contribution in [0.2, 0.25) is 5.02 Å². The van der Waals surface area contributed by atoms with Crippen molar-refractivity contribution < 1.29 is 18.7 Å². The van der Waals surface area contributed by atoms with Crippen molar-refractivity contribution >= 4 is 34.7 Å². The largest absolute Gasteiger partial charge is 0.449 e. The van der Waals surface area contributed by atoms with Gasteiger partial charge in [-0.15, -0.1) is 0 Å². The highest BCUT2D eigenvalue weighted by Gasteiger charge is 2.41. The van der Waals surface area contributed by atoms with Crippen molar-refractivity contribution in [2.75, 3.05) is 19.6 Å². The van der Waals surface area contributed by atoms with E-state index in [4.69, 9.17) is 25.7 Å². The third kappa shape index (κ3) is 5.77. The van der Waals surface area contributed by atoms with Gasteiger partial charge < -0.3 is 19.0 Å². The Labute approximate surface area is 223 Å². The molecule has 4 rings (SSSR count). The van der Waals surface area contributed by atoms with Crippen LogP contribution in [0, 0.1) is 0 Å². The Hall–Kier alpha value is -3.06. The molecule has 0 saturated carbocycles. The number of hydrogen-bond donors (Lipinski definition) is 0. The minimum absolute atomic E-state index is 0.222. The maximum atomic E-state index is 13.7. The Morgan fingerprint density at radius 1 is 1.03 bits per heavy atom. The van der Waals surface area contributed by atoms with E-state index < -0.39 is 11.1 Å². The summed E-state index contributed by atoms with van der Waals surface area (Å²) >= 11 is 6.08. The van der Waals surface area contributed by atoms with Gasteiger partial charge in [-0.3, -0.25) is 4.79 Å². The van der Waals surface area contributed by atoms with Gasteiger partial charge in [-0.05, 0) is 58.2 Å². The lowest BCUT2D eigenvalue weighted by Gasteiger charge is -2.46. The van der Waals surface area contributed by atoms with E-state index in [2.05, 4.69) is 20.8 Å². The summed E-state index contributed by atoms with van der Waals surface area (Å²) in [5, 5.41) is 0.659. The number of amides is 2. The number of carbonyl (C=O) groups excluding carboxylic acids is 2. The minimum Gasteiger partial charge on any atom is -0.449 e. The highest BCUT2D eigenvalue weighted by atomic mass is 35.5. The standard InChI is InChI=1S/C29H36ClN3O4/c1-27(2,3)20-15-21(18-9-11-19(30)12-10-18)31-22-16-23(36-24(20)22)25(34)33-14-13-32(17-29(33,7)8)26(35)37-28(4,5)6/h9-12,15-16H,13-14,17H2,1-8H3. The van der Waals surface area contributed by atoms with Crippen molar-refractivity contribution in [2.24, 2.45) is 0 Å². The fourth-order valence-electron chi connectivity index (χ4n) is 4.60. The molecular weight excluding hydrogens is 490 g/mol. The third-order valence-electron chi connectivity index (χ3n) is 6.44. The lowest BCUT2D eigenvalue weighted by Crippen LogP contribution is -2.62. The lowest BCUT2D eigenvalue weighted by molar-refractivity contribution is -0.0117. The summed E-state index contributed by atoms with van der Waals surface area (Å²) in [7, 11) is 0. The van der Waals surface area contributed by atoms with E-state index >= 15 is 0 Å². The van der Waals surface area contributed by atoms with Gasteiger partial charge in [-0.2, -0.15) is 0 Å². The Balaban J connectivity index is 1.66. The van der Waals surface area contributed by atoms with E-state index in [-0.39, 0.29) is 23.2 Å². The molecule has 3 heterocycles. The highest BCUT2D eigenvalue weighted by molar-refractivity contribution is 6.30. The van der Waals surface area contributed by atoms with Gasteiger partial charge in [0.2, 0.25) is 0 Å². The van der Waals surface area contributed by atoms with Crippen molar-refractivity contribution in [3.63, 3.8) is 0 Å². The Kier molecular flexibility index (Phi) is 6.82. The molecule has 198 valence electrons. The minimum atomic E-state index is -0.611. The van der Waals surface area contributed by atoms with E-state index in [1.165, 1.54) is 0 Å². The summed E-state index contributed by atoms with van der Waals surface area (Å²) in [6.07, 6.45) is -0.370. The van der Waals surface area contributed by atoms with E-state index in [1.807, 2.05) is 65.0 Å². The molecule has 0 atom stereocenters. The second kappa shape index (κ2) is 9.35. The number of benzene rings is 1. The summed E-state index contributed by atoms with van der Waals surface area (Å²) in [6, 6.07) is 11.3. The smallest absolute Gasteiger partial charge is 0.410 e. The molecule has 1 aliphatic rings. The van der Waals surface area contributed by atoms with Crippen LogP contribution in [0.3, 0.4) is 0 Å². The molecule has 0 spiro atoms. The zero-order valence-corrected chi connectivity index (χ0v) is 23.7. The summed E-state index contributed by atoms with van der Waals surface area (Å²) < 4.78 is 11.7. The predicted molar refractivity (Wildman–Crippen MR) is 146 cm³/mol. The molecule has 1 saturated heterocycles. The Morgan fingerprint density at radius 3 is 2.24 bits per heavy atom. The number of furan rings is 1. The normalized spacial score (nSPS) is 16.2. The monoisotopic (exact) mass is 525 g/mol. The van der Waals surface area contributed by atoms with Crippen LogP contribution in [0.1, 0.15) is 71.5 Å². The molecule has 0 N–H and O–H groups in total. The van der Waals surface area contributed by atoms with Gasteiger partial charge in [0.1, 0.15) is 11.1 Å². The number of nitrogens with zero attached hydrogens (tertiary/aromatic N) is 3. The average molecular weight is 526 g/mol. The van der Waals surface area contributed by atoms with Crippen LogP contribution in [0.5, 0.6) is 0 Å². The fourth-order valence-corrected chi connectivity index (χ4v) is 4.73. The van der Waals surface area contributed by atoms with Crippen molar-refractivity contribution in [3.8, 4) is 11.3 Å². The van der Waals surface area contributed by atoms with Crippen LogP contribution in [0.15, 0.2) is 40.8 Å². The van der Waals surface area contributed by atoms with Crippen molar-refractivity contribution in [3.05, 3.63) is 52.7 Å². The highest BCUT2D eigenvalue weighted by Crippen LogP contribution is 2.36. The van der Waals surface area contributed by atoms with E-state index in [0.717, 1.165) is 16.8 Å². The first-order chi connectivity index (χ1) is 17.0. The van der Waals surface area contributed by atoms with Gasteiger partial charge in [0, 0.05) is 41.9 Å². The first kappa shape index (κ1) is 27.0. The zero-order valence-electron chi connectivity index (χ0n) is 22.9. The summed E-state index contributed by atoms with van der Waals surface area (Å²) in [4.78, 5) is 34.6. The molecule has 37 heavy (non-hydrogen) atoms. The van der Waals surface area contributed by atoms with Gasteiger partial charge in [0.05, 0.1) is 11.2 Å². The van der Waals surface area contributed by atoms with Crippen molar-refractivity contribution in [1.29, 1.82) is 0 Å². The lowest BCUT2D eigenvalue weighted by atomic mass is 9.86. The number of hydrogen-bond acceptors (Lipinski definition) is 5. The quantitative estimate of drug-likeness (QED) is 0.363. The predicted octanol–water partition coefficient (Wildman–Crippen LogP) is 6.92. The molecule has 2 amide bonds. The van der Waals surface area contributed by atoms with Crippen LogP contribution < -0.4 is 0 Å². The Bertz CT molecular complexity index is 1330. The number of halogens is 1. The molecule has 0 bridgehead atoms. The van der Waals surface area contributed by atoms with E-state index in [9.17, 15) is 9.59 Å². The third-order valence-corrected chi connectivity index (χ3v) is 6.69. The average Bonchev–Trinajstić information content (AvgIpc) is 3.20. The Morgan fingerprint density at radius 2 is 1.68 bits per heavy atom. The molecule has 0 unspecified atom stereocenters. The summed E-state index contributed by atoms with van der Waals surface area (Å²) in [6.45, 7) is 16.9. The first-order valence-corrected chi connectivity index (χ1v) is 12.9. The molecular formula is C29H36ClN3O4. The second-order valence-corrected chi connectivity index (χ2v) is 12.7. The topological polar surface area (TPSA) is 75.9 Å². The van der Waals surface area contributed by atoms with Crippen LogP contribution in [-0.2, 0) is 10.2 Å². The maximum Gasteiger partial charge on any atom is 0.410 e. The molecule has 0 radical (unpaired) electrons. The van der Waals surface area contributed by atoms with Gasteiger partial charge in [-0.25, -0.2) is 9.78 Å².